The van der Waals surface area contributed by atoms with E-state index in [0.717, 1.165) is 31.0 Å². The van der Waals surface area contributed by atoms with E-state index in [1.807, 2.05) is 24.9 Å². The lowest BCUT2D eigenvalue weighted by molar-refractivity contribution is -0.118. The molecule has 1 aromatic rings. The number of hydrogen-bond acceptors (Lipinski definition) is 3. The molecule has 0 bridgehead atoms. The number of carbonyl (C=O) groups excluding carboxylic acids is 1. The van der Waals surface area contributed by atoms with Crippen molar-refractivity contribution in [1.82, 2.24) is 15.1 Å². The number of hydrogen-bond donors (Lipinski definition) is 1. The molecule has 1 fully saturated rings. The summed E-state index contributed by atoms with van der Waals surface area (Å²) >= 11 is 0. The van der Waals surface area contributed by atoms with Gasteiger partial charge in [0.1, 0.15) is 5.82 Å². The molecular weight excluding hydrogens is 288 g/mol. The zero-order valence-electron chi connectivity index (χ0n) is 14.7. The Kier molecular flexibility index (Phi) is 4.57. The summed E-state index contributed by atoms with van der Waals surface area (Å²) in [4.78, 5) is 14.6. The molecule has 1 amide bonds. The Morgan fingerprint density at radius 3 is 2.78 bits per heavy atom. The Morgan fingerprint density at radius 1 is 1.35 bits per heavy atom. The molecule has 0 saturated carbocycles. The zero-order valence-corrected chi connectivity index (χ0v) is 14.7. The van der Waals surface area contributed by atoms with Crippen molar-refractivity contribution in [3.05, 3.63) is 23.4 Å². The van der Waals surface area contributed by atoms with Gasteiger partial charge in [0.15, 0.2) is 0 Å². The highest BCUT2D eigenvalue weighted by molar-refractivity contribution is 5.98. The Labute approximate surface area is 138 Å². The summed E-state index contributed by atoms with van der Waals surface area (Å²) < 4.78 is 1.80. The molecule has 0 aromatic carbocycles. The summed E-state index contributed by atoms with van der Waals surface area (Å²) in [5.41, 5.74) is 2.42. The Balaban J connectivity index is 1.62. The lowest BCUT2D eigenvalue weighted by Crippen LogP contribution is -2.42. The van der Waals surface area contributed by atoms with Gasteiger partial charge >= 0.3 is 0 Å². The molecule has 5 heteroatoms. The third-order valence-electron chi connectivity index (χ3n) is 5.40. The fraction of sp³-hybridized carbons (Fsp3) is 0.667. The van der Waals surface area contributed by atoms with E-state index in [1.54, 1.807) is 4.68 Å². The predicted octanol–water partition coefficient (Wildman–Crippen LogP) is 2.42. The summed E-state index contributed by atoms with van der Waals surface area (Å²) in [5.74, 6) is 2.33. The van der Waals surface area contributed by atoms with E-state index in [4.69, 9.17) is 0 Å². The lowest BCUT2D eigenvalue weighted by Gasteiger charge is -2.30. The minimum atomic E-state index is -0.0628. The molecule has 2 heterocycles. The first kappa shape index (κ1) is 16.2. The molecule has 1 aliphatic heterocycles. The molecule has 1 saturated heterocycles. The van der Waals surface area contributed by atoms with Gasteiger partial charge in [0.2, 0.25) is 5.91 Å². The fourth-order valence-electron chi connectivity index (χ4n) is 3.95. The maximum Gasteiger partial charge on any atom is 0.245 e. The molecule has 1 aliphatic carbocycles. The van der Waals surface area contributed by atoms with Crippen molar-refractivity contribution >= 4 is 11.7 Å². The standard InChI is InChI=1S/C18H28N4O/c1-12-6-5-7-13(2)15(12)11-19-16-8-9-22(18(16)23)17-10-14(3)20-21(17)4/h6,10,13,15-16,19H,5,7-9,11H2,1-4H3/t13-,15-,16+/m0/s1. The van der Waals surface area contributed by atoms with Crippen molar-refractivity contribution < 1.29 is 4.79 Å². The van der Waals surface area contributed by atoms with Gasteiger partial charge in [0, 0.05) is 26.2 Å². The first-order chi connectivity index (χ1) is 11.0. The van der Waals surface area contributed by atoms with Gasteiger partial charge in [-0.25, -0.2) is 0 Å². The number of carbonyl (C=O) groups is 1. The van der Waals surface area contributed by atoms with Crippen molar-refractivity contribution in [2.24, 2.45) is 18.9 Å². The van der Waals surface area contributed by atoms with Crippen LogP contribution in [0.3, 0.4) is 0 Å². The molecule has 0 spiro atoms. The summed E-state index contributed by atoms with van der Waals surface area (Å²) in [6.45, 7) is 8.18. The quantitative estimate of drug-likeness (QED) is 0.868. The maximum atomic E-state index is 12.7. The van der Waals surface area contributed by atoms with Crippen molar-refractivity contribution in [3.63, 3.8) is 0 Å². The number of aromatic nitrogens is 2. The van der Waals surface area contributed by atoms with Gasteiger partial charge in [-0.05, 0) is 44.9 Å². The van der Waals surface area contributed by atoms with Gasteiger partial charge in [0.25, 0.3) is 0 Å². The minimum Gasteiger partial charge on any atom is -0.305 e. The molecule has 1 aromatic heterocycles. The number of rotatable bonds is 4. The van der Waals surface area contributed by atoms with Gasteiger partial charge < -0.3 is 5.32 Å². The van der Waals surface area contributed by atoms with Crippen LogP contribution in [0.1, 0.15) is 38.8 Å². The van der Waals surface area contributed by atoms with Crippen LogP contribution in [0.4, 0.5) is 5.82 Å². The molecule has 23 heavy (non-hydrogen) atoms. The number of aryl methyl sites for hydroxylation is 2. The van der Waals surface area contributed by atoms with Crippen LogP contribution in [0.5, 0.6) is 0 Å². The summed E-state index contributed by atoms with van der Waals surface area (Å²) in [5, 5.41) is 7.88. The number of amides is 1. The second kappa shape index (κ2) is 6.48. The first-order valence-electron chi connectivity index (χ1n) is 8.69. The van der Waals surface area contributed by atoms with Crippen LogP contribution in [0.15, 0.2) is 17.7 Å². The summed E-state index contributed by atoms with van der Waals surface area (Å²) in [6.07, 6.45) is 5.67. The van der Waals surface area contributed by atoms with Crippen LogP contribution in [0, 0.1) is 18.8 Å². The topological polar surface area (TPSA) is 50.2 Å². The highest BCUT2D eigenvalue weighted by Crippen LogP contribution is 2.30. The molecule has 0 radical (unpaired) electrons. The third kappa shape index (κ3) is 3.20. The van der Waals surface area contributed by atoms with E-state index < -0.39 is 0 Å². The first-order valence-corrected chi connectivity index (χ1v) is 8.69. The largest absolute Gasteiger partial charge is 0.305 e. The van der Waals surface area contributed by atoms with Crippen LogP contribution < -0.4 is 10.2 Å². The lowest BCUT2D eigenvalue weighted by atomic mass is 9.80. The molecule has 126 valence electrons. The predicted molar refractivity (Wildman–Crippen MR) is 92.4 cm³/mol. The van der Waals surface area contributed by atoms with Gasteiger partial charge in [-0.1, -0.05) is 18.6 Å². The van der Waals surface area contributed by atoms with Crippen LogP contribution in [0.2, 0.25) is 0 Å². The average molecular weight is 316 g/mol. The Morgan fingerprint density at radius 2 is 2.13 bits per heavy atom. The van der Waals surface area contributed by atoms with Gasteiger partial charge in [-0.2, -0.15) is 5.10 Å². The SMILES string of the molecule is CC1=CCC[C@H](C)[C@H]1CN[C@@H]1CCN(c2cc(C)nn2C)C1=O. The smallest absolute Gasteiger partial charge is 0.245 e. The molecule has 5 nitrogen and oxygen atoms in total. The normalized spacial score (nSPS) is 28.3. The van der Waals surface area contributed by atoms with Crippen LogP contribution in [-0.4, -0.2) is 34.8 Å². The molecule has 3 atom stereocenters. The van der Waals surface area contributed by atoms with Crippen molar-refractivity contribution in [2.45, 2.75) is 46.1 Å². The second-order valence-corrected chi connectivity index (χ2v) is 7.12. The maximum absolute atomic E-state index is 12.7. The van der Waals surface area contributed by atoms with E-state index in [9.17, 15) is 4.79 Å². The number of nitrogens with zero attached hydrogens (tertiary/aromatic N) is 3. The zero-order chi connectivity index (χ0) is 16.6. The van der Waals surface area contributed by atoms with Crippen LogP contribution in [-0.2, 0) is 11.8 Å². The fourth-order valence-corrected chi connectivity index (χ4v) is 3.95. The van der Waals surface area contributed by atoms with Gasteiger partial charge in [-0.3, -0.25) is 14.4 Å². The van der Waals surface area contributed by atoms with E-state index in [-0.39, 0.29) is 11.9 Å². The Hall–Kier alpha value is -1.62. The summed E-state index contributed by atoms with van der Waals surface area (Å²) in [6, 6.07) is 1.92. The Bertz CT molecular complexity index is 619. The number of allylic oxidation sites excluding steroid dienone is 1. The second-order valence-electron chi connectivity index (χ2n) is 7.12. The van der Waals surface area contributed by atoms with Crippen molar-refractivity contribution in [1.29, 1.82) is 0 Å². The monoisotopic (exact) mass is 316 g/mol. The number of nitrogens with one attached hydrogen (secondary N) is 1. The van der Waals surface area contributed by atoms with E-state index >= 15 is 0 Å². The molecular formula is C18H28N4O. The average Bonchev–Trinajstić information content (AvgIpc) is 3.01. The summed E-state index contributed by atoms with van der Waals surface area (Å²) in [7, 11) is 1.90. The molecule has 2 aliphatic rings. The molecule has 1 N–H and O–H groups in total. The van der Waals surface area contributed by atoms with E-state index in [0.29, 0.717) is 11.8 Å². The third-order valence-corrected chi connectivity index (χ3v) is 5.40. The number of anilines is 1. The van der Waals surface area contributed by atoms with Crippen molar-refractivity contribution in [2.75, 3.05) is 18.0 Å². The minimum absolute atomic E-state index is 0.0628. The highest BCUT2D eigenvalue weighted by atomic mass is 16.2. The van der Waals surface area contributed by atoms with Crippen LogP contribution >= 0.6 is 0 Å². The van der Waals surface area contributed by atoms with Crippen LogP contribution in [0.25, 0.3) is 0 Å². The highest BCUT2D eigenvalue weighted by Gasteiger charge is 2.34. The van der Waals surface area contributed by atoms with E-state index in [2.05, 4.69) is 30.3 Å². The van der Waals surface area contributed by atoms with E-state index in [1.165, 1.54) is 18.4 Å². The van der Waals surface area contributed by atoms with Gasteiger partial charge in [0.05, 0.1) is 11.7 Å². The molecule has 3 rings (SSSR count). The van der Waals surface area contributed by atoms with Gasteiger partial charge in [-0.15, -0.1) is 0 Å². The van der Waals surface area contributed by atoms with Crippen molar-refractivity contribution in [3.8, 4) is 0 Å². The molecule has 0 unspecified atom stereocenters.